The lowest BCUT2D eigenvalue weighted by Gasteiger charge is -2.06. The molecule has 19 heavy (non-hydrogen) atoms. The number of anilines is 1. The first-order valence-corrected chi connectivity index (χ1v) is 5.82. The summed E-state index contributed by atoms with van der Waals surface area (Å²) in [7, 11) is 1.84. The van der Waals surface area contributed by atoms with Gasteiger partial charge in [-0.1, -0.05) is 0 Å². The van der Waals surface area contributed by atoms with Crippen molar-refractivity contribution in [2.75, 3.05) is 5.32 Å². The highest BCUT2D eigenvalue weighted by Gasteiger charge is 2.15. The Morgan fingerprint density at radius 1 is 1.42 bits per heavy atom. The number of nitrogens with one attached hydrogen (secondary N) is 1. The van der Waals surface area contributed by atoms with E-state index < -0.39 is 4.92 Å². The van der Waals surface area contributed by atoms with Crippen LogP contribution in [0.25, 0.3) is 0 Å². The zero-order valence-corrected chi connectivity index (χ0v) is 11.0. The van der Waals surface area contributed by atoms with Crippen LogP contribution in [0.3, 0.4) is 0 Å². The van der Waals surface area contributed by atoms with Gasteiger partial charge in [0.05, 0.1) is 10.6 Å². The van der Waals surface area contributed by atoms with E-state index in [4.69, 9.17) is 0 Å². The molecular formula is C12H15N5O2. The molecule has 0 unspecified atom stereocenters. The number of nitro groups is 1. The lowest BCUT2D eigenvalue weighted by atomic mass is 10.2. The van der Waals surface area contributed by atoms with Gasteiger partial charge in [0.1, 0.15) is 0 Å². The van der Waals surface area contributed by atoms with Crippen molar-refractivity contribution < 1.29 is 4.92 Å². The van der Waals surface area contributed by atoms with Gasteiger partial charge in [-0.05, 0) is 19.9 Å². The fraction of sp³-hybridized carbons (Fsp3) is 0.333. The van der Waals surface area contributed by atoms with Gasteiger partial charge < -0.3 is 5.32 Å². The van der Waals surface area contributed by atoms with Crippen molar-refractivity contribution in [2.24, 2.45) is 7.05 Å². The van der Waals surface area contributed by atoms with Crippen LogP contribution in [-0.2, 0) is 13.6 Å². The normalized spacial score (nSPS) is 10.5. The molecule has 0 spiro atoms. The first-order chi connectivity index (χ1) is 8.97. The predicted molar refractivity (Wildman–Crippen MR) is 70.9 cm³/mol. The maximum absolute atomic E-state index is 10.9. The standard InChI is InChI=1S/C12H15N5O2/c1-8-4-5-11(17(18)19)12(14-8)13-6-10-7-16(3)15-9(10)2/h4-5,7H,6H2,1-3H3,(H,13,14). The molecular weight excluding hydrogens is 246 g/mol. The molecule has 2 aromatic heterocycles. The molecule has 0 saturated carbocycles. The van der Waals surface area contributed by atoms with Crippen LogP contribution >= 0.6 is 0 Å². The van der Waals surface area contributed by atoms with Crippen LogP contribution < -0.4 is 5.32 Å². The molecule has 0 radical (unpaired) electrons. The average molecular weight is 261 g/mol. The summed E-state index contributed by atoms with van der Waals surface area (Å²) < 4.78 is 1.71. The van der Waals surface area contributed by atoms with Crippen LogP contribution in [0.1, 0.15) is 17.0 Å². The Morgan fingerprint density at radius 2 is 2.16 bits per heavy atom. The van der Waals surface area contributed by atoms with E-state index in [2.05, 4.69) is 15.4 Å². The summed E-state index contributed by atoms with van der Waals surface area (Å²) >= 11 is 0. The summed E-state index contributed by atoms with van der Waals surface area (Å²) in [5.41, 5.74) is 2.59. The fourth-order valence-electron chi connectivity index (χ4n) is 1.83. The molecule has 0 aromatic carbocycles. The third-order valence-electron chi connectivity index (χ3n) is 2.77. The Balaban J connectivity index is 2.21. The molecule has 1 N–H and O–H groups in total. The van der Waals surface area contributed by atoms with E-state index in [9.17, 15) is 10.1 Å². The summed E-state index contributed by atoms with van der Waals surface area (Å²) in [5, 5.41) is 18.1. The van der Waals surface area contributed by atoms with Crippen molar-refractivity contribution in [2.45, 2.75) is 20.4 Å². The Labute approximate surface area is 110 Å². The Morgan fingerprint density at radius 3 is 2.74 bits per heavy atom. The summed E-state index contributed by atoms with van der Waals surface area (Å²) in [6, 6.07) is 3.08. The Hall–Kier alpha value is -2.44. The largest absolute Gasteiger partial charge is 0.360 e. The highest BCUT2D eigenvalue weighted by atomic mass is 16.6. The molecule has 0 aliphatic carbocycles. The second-order valence-electron chi connectivity index (χ2n) is 4.34. The minimum Gasteiger partial charge on any atom is -0.360 e. The number of aryl methyl sites for hydroxylation is 3. The highest BCUT2D eigenvalue weighted by Crippen LogP contribution is 2.22. The summed E-state index contributed by atoms with van der Waals surface area (Å²) in [5.74, 6) is 0.285. The molecule has 0 atom stereocenters. The number of pyridine rings is 1. The first-order valence-electron chi connectivity index (χ1n) is 5.82. The number of hydrogen-bond acceptors (Lipinski definition) is 5. The molecule has 2 rings (SSSR count). The molecule has 0 saturated heterocycles. The molecule has 2 heterocycles. The van der Waals surface area contributed by atoms with Crippen molar-refractivity contribution >= 4 is 11.5 Å². The zero-order chi connectivity index (χ0) is 14.0. The van der Waals surface area contributed by atoms with E-state index in [-0.39, 0.29) is 11.5 Å². The van der Waals surface area contributed by atoms with E-state index in [1.807, 2.05) is 20.2 Å². The minimum absolute atomic E-state index is 0.0212. The lowest BCUT2D eigenvalue weighted by Crippen LogP contribution is -2.05. The van der Waals surface area contributed by atoms with Gasteiger partial charge in [0.15, 0.2) is 0 Å². The SMILES string of the molecule is Cc1ccc([N+](=O)[O-])c(NCc2cn(C)nc2C)n1. The van der Waals surface area contributed by atoms with Crippen molar-refractivity contribution in [3.8, 4) is 0 Å². The monoisotopic (exact) mass is 261 g/mol. The van der Waals surface area contributed by atoms with Crippen LogP contribution in [0.2, 0.25) is 0 Å². The smallest absolute Gasteiger partial charge is 0.311 e. The maximum atomic E-state index is 10.9. The van der Waals surface area contributed by atoms with Crippen LogP contribution in [0.15, 0.2) is 18.3 Å². The third kappa shape index (κ3) is 2.87. The minimum atomic E-state index is -0.440. The van der Waals surface area contributed by atoms with Crippen LogP contribution in [0.4, 0.5) is 11.5 Å². The summed E-state index contributed by atoms with van der Waals surface area (Å²) in [4.78, 5) is 14.7. The quantitative estimate of drug-likeness (QED) is 0.671. The van der Waals surface area contributed by atoms with Gasteiger partial charge in [0, 0.05) is 37.1 Å². The van der Waals surface area contributed by atoms with Gasteiger partial charge in [-0.25, -0.2) is 4.98 Å². The van der Waals surface area contributed by atoms with Gasteiger partial charge in [0.25, 0.3) is 0 Å². The average Bonchev–Trinajstić information content (AvgIpc) is 2.65. The van der Waals surface area contributed by atoms with Crippen molar-refractivity contribution in [1.82, 2.24) is 14.8 Å². The number of hydrogen-bond donors (Lipinski definition) is 1. The molecule has 7 heteroatoms. The maximum Gasteiger partial charge on any atom is 0.311 e. The predicted octanol–water partition coefficient (Wildman–Crippen LogP) is 1.95. The number of rotatable bonds is 4. The number of aromatic nitrogens is 3. The van der Waals surface area contributed by atoms with Crippen LogP contribution in [0, 0.1) is 24.0 Å². The van der Waals surface area contributed by atoms with Gasteiger partial charge in [-0.3, -0.25) is 14.8 Å². The van der Waals surface area contributed by atoms with Gasteiger partial charge in [-0.2, -0.15) is 5.10 Å². The van der Waals surface area contributed by atoms with E-state index in [1.54, 1.807) is 17.7 Å². The van der Waals surface area contributed by atoms with Gasteiger partial charge in [0.2, 0.25) is 5.82 Å². The molecule has 0 aliphatic rings. The molecule has 7 nitrogen and oxygen atoms in total. The third-order valence-corrected chi connectivity index (χ3v) is 2.77. The zero-order valence-electron chi connectivity index (χ0n) is 11.0. The highest BCUT2D eigenvalue weighted by molar-refractivity contribution is 5.56. The lowest BCUT2D eigenvalue weighted by molar-refractivity contribution is -0.384. The Bertz CT molecular complexity index is 621. The molecule has 0 amide bonds. The van der Waals surface area contributed by atoms with Crippen LogP contribution in [0.5, 0.6) is 0 Å². The van der Waals surface area contributed by atoms with Crippen molar-refractivity contribution in [1.29, 1.82) is 0 Å². The number of nitrogens with zero attached hydrogens (tertiary/aromatic N) is 4. The topological polar surface area (TPSA) is 85.9 Å². The second kappa shape index (κ2) is 5.05. The first kappa shape index (κ1) is 13.0. The molecule has 100 valence electrons. The fourth-order valence-corrected chi connectivity index (χ4v) is 1.83. The van der Waals surface area contributed by atoms with E-state index >= 15 is 0 Å². The Kier molecular flexibility index (Phi) is 3.46. The van der Waals surface area contributed by atoms with Gasteiger partial charge in [-0.15, -0.1) is 0 Å². The van der Waals surface area contributed by atoms with E-state index in [1.165, 1.54) is 6.07 Å². The summed E-state index contributed by atoms with van der Waals surface area (Å²) in [6.45, 7) is 4.15. The van der Waals surface area contributed by atoms with Crippen molar-refractivity contribution in [3.63, 3.8) is 0 Å². The molecule has 2 aromatic rings. The second-order valence-corrected chi connectivity index (χ2v) is 4.34. The summed E-state index contributed by atoms with van der Waals surface area (Å²) in [6.07, 6.45) is 1.88. The van der Waals surface area contributed by atoms with E-state index in [0.717, 1.165) is 17.0 Å². The van der Waals surface area contributed by atoms with Crippen molar-refractivity contribution in [3.05, 3.63) is 45.4 Å². The molecule has 0 bridgehead atoms. The van der Waals surface area contributed by atoms with Gasteiger partial charge >= 0.3 is 5.69 Å². The molecule has 0 fully saturated rings. The van der Waals surface area contributed by atoms with Crippen LogP contribution in [-0.4, -0.2) is 19.7 Å². The molecule has 0 aliphatic heterocycles. The van der Waals surface area contributed by atoms with E-state index in [0.29, 0.717) is 6.54 Å².